The zero-order valence-electron chi connectivity index (χ0n) is 9.63. The summed E-state index contributed by atoms with van der Waals surface area (Å²) < 4.78 is 5.09. The van der Waals surface area contributed by atoms with E-state index in [2.05, 4.69) is 5.32 Å². The largest absolute Gasteiger partial charge is 0.465 e. The van der Waals surface area contributed by atoms with E-state index in [9.17, 15) is 9.90 Å². The van der Waals surface area contributed by atoms with Gasteiger partial charge < -0.3 is 14.8 Å². The molecule has 2 rings (SSSR count). The molecule has 1 fully saturated rings. The molecule has 1 saturated carbocycles. The monoisotopic (exact) mass is 235 g/mol. The predicted molar refractivity (Wildman–Crippen MR) is 64.1 cm³/mol. The summed E-state index contributed by atoms with van der Waals surface area (Å²) in [7, 11) is 0. The van der Waals surface area contributed by atoms with Crippen molar-refractivity contribution < 1.29 is 14.3 Å². The minimum absolute atomic E-state index is 0.109. The van der Waals surface area contributed by atoms with Crippen molar-refractivity contribution in [2.24, 2.45) is 0 Å². The lowest BCUT2D eigenvalue weighted by Gasteiger charge is -2.25. The molecule has 0 saturated heterocycles. The molecule has 0 radical (unpaired) electrons. The molecule has 0 spiro atoms. The Balaban J connectivity index is 1.77. The summed E-state index contributed by atoms with van der Waals surface area (Å²) in [4.78, 5) is 11.6. The summed E-state index contributed by atoms with van der Waals surface area (Å²) in [5.41, 5.74) is 0. The zero-order valence-corrected chi connectivity index (χ0v) is 9.63. The fourth-order valence-corrected chi connectivity index (χ4v) is 2.01. The average molecular weight is 235 g/mol. The van der Waals surface area contributed by atoms with E-state index in [-0.39, 0.29) is 18.1 Å². The molecule has 1 aromatic heterocycles. The third-order valence-electron chi connectivity index (χ3n) is 2.99. The number of aliphatic hydroxyl groups excluding tert-OH is 1. The van der Waals surface area contributed by atoms with Crippen LogP contribution in [0.15, 0.2) is 28.9 Å². The van der Waals surface area contributed by atoms with E-state index in [0.717, 1.165) is 25.7 Å². The molecule has 4 nitrogen and oxygen atoms in total. The first-order valence-corrected chi connectivity index (χ1v) is 5.94. The van der Waals surface area contributed by atoms with Crippen molar-refractivity contribution in [2.75, 3.05) is 0 Å². The molecule has 1 amide bonds. The number of amides is 1. The molecule has 0 aliphatic heterocycles. The highest BCUT2D eigenvalue weighted by Gasteiger charge is 2.19. The van der Waals surface area contributed by atoms with Crippen LogP contribution < -0.4 is 5.32 Å². The molecule has 1 aliphatic carbocycles. The second-order valence-electron chi connectivity index (χ2n) is 4.36. The number of carbonyl (C=O) groups is 1. The maximum absolute atomic E-state index is 11.6. The second-order valence-corrected chi connectivity index (χ2v) is 4.36. The van der Waals surface area contributed by atoms with Crippen LogP contribution in [0, 0.1) is 0 Å². The summed E-state index contributed by atoms with van der Waals surface area (Å²) in [5.74, 6) is 0.557. The van der Waals surface area contributed by atoms with E-state index >= 15 is 0 Å². The van der Waals surface area contributed by atoms with Crippen molar-refractivity contribution in [3.8, 4) is 0 Å². The molecule has 0 unspecified atom stereocenters. The van der Waals surface area contributed by atoms with Gasteiger partial charge in [0.05, 0.1) is 12.4 Å². The van der Waals surface area contributed by atoms with E-state index in [4.69, 9.17) is 4.42 Å². The number of hydrogen-bond acceptors (Lipinski definition) is 3. The van der Waals surface area contributed by atoms with Crippen LogP contribution in [0.5, 0.6) is 0 Å². The number of hydrogen-bond donors (Lipinski definition) is 2. The number of furan rings is 1. The Morgan fingerprint density at radius 1 is 1.41 bits per heavy atom. The van der Waals surface area contributed by atoms with Gasteiger partial charge in [-0.25, -0.2) is 0 Å². The summed E-state index contributed by atoms with van der Waals surface area (Å²) in [6, 6.07) is 3.76. The SMILES string of the molecule is O=C(C=Cc1ccco1)NC1CCC(O)CC1. The van der Waals surface area contributed by atoms with Crippen LogP contribution in [0.2, 0.25) is 0 Å². The molecule has 1 aliphatic rings. The smallest absolute Gasteiger partial charge is 0.244 e. The standard InChI is InChI=1S/C13H17NO3/c15-11-5-3-10(4-6-11)14-13(16)8-7-12-2-1-9-17-12/h1-2,7-11,15H,3-6H2,(H,14,16). The van der Waals surface area contributed by atoms with Crippen molar-refractivity contribution in [1.29, 1.82) is 0 Å². The molecule has 4 heteroatoms. The maximum atomic E-state index is 11.6. The predicted octanol–water partition coefficient (Wildman–Crippen LogP) is 1.71. The van der Waals surface area contributed by atoms with E-state index in [1.165, 1.54) is 6.08 Å². The van der Waals surface area contributed by atoms with Crippen molar-refractivity contribution in [3.63, 3.8) is 0 Å². The Morgan fingerprint density at radius 3 is 2.82 bits per heavy atom. The van der Waals surface area contributed by atoms with Gasteiger partial charge in [0.1, 0.15) is 5.76 Å². The lowest BCUT2D eigenvalue weighted by molar-refractivity contribution is -0.117. The third kappa shape index (κ3) is 3.75. The number of nitrogens with one attached hydrogen (secondary N) is 1. The molecular formula is C13H17NO3. The number of carbonyl (C=O) groups excluding carboxylic acids is 1. The van der Waals surface area contributed by atoms with Gasteiger partial charge in [-0.1, -0.05) is 0 Å². The summed E-state index contributed by atoms with van der Waals surface area (Å²) in [5, 5.41) is 12.3. The van der Waals surface area contributed by atoms with Crippen LogP contribution in [0.25, 0.3) is 6.08 Å². The summed E-state index contributed by atoms with van der Waals surface area (Å²) in [6.07, 6.45) is 7.74. The quantitative estimate of drug-likeness (QED) is 0.784. The average Bonchev–Trinajstić information content (AvgIpc) is 2.83. The van der Waals surface area contributed by atoms with Crippen LogP contribution in [0.3, 0.4) is 0 Å². The van der Waals surface area contributed by atoms with Gasteiger partial charge >= 0.3 is 0 Å². The highest BCUT2D eigenvalue weighted by Crippen LogP contribution is 2.18. The lowest BCUT2D eigenvalue weighted by atomic mass is 9.93. The fourth-order valence-electron chi connectivity index (χ4n) is 2.01. The Labute approximate surface area is 100 Å². The van der Waals surface area contributed by atoms with Gasteiger partial charge in [0.15, 0.2) is 0 Å². The highest BCUT2D eigenvalue weighted by atomic mass is 16.3. The van der Waals surface area contributed by atoms with Gasteiger partial charge in [-0.05, 0) is 43.9 Å². The number of rotatable bonds is 3. The highest BCUT2D eigenvalue weighted by molar-refractivity contribution is 5.91. The van der Waals surface area contributed by atoms with Crippen LogP contribution in [0.1, 0.15) is 31.4 Å². The minimum atomic E-state index is -0.193. The van der Waals surface area contributed by atoms with E-state index in [1.807, 2.05) is 0 Å². The number of aliphatic hydroxyl groups is 1. The molecular weight excluding hydrogens is 218 g/mol. The van der Waals surface area contributed by atoms with Crippen molar-refractivity contribution >= 4 is 12.0 Å². The molecule has 2 N–H and O–H groups in total. The first-order valence-electron chi connectivity index (χ1n) is 5.94. The van der Waals surface area contributed by atoms with Gasteiger partial charge in [0.25, 0.3) is 0 Å². The first kappa shape index (κ1) is 11.9. The summed E-state index contributed by atoms with van der Waals surface area (Å²) >= 11 is 0. The van der Waals surface area contributed by atoms with Crippen LogP contribution in [-0.4, -0.2) is 23.2 Å². The van der Waals surface area contributed by atoms with Crippen LogP contribution >= 0.6 is 0 Å². The molecule has 92 valence electrons. The van der Waals surface area contributed by atoms with Gasteiger partial charge in [0.2, 0.25) is 5.91 Å². The third-order valence-corrected chi connectivity index (χ3v) is 2.99. The first-order chi connectivity index (χ1) is 8.24. The molecule has 1 aromatic rings. The fraction of sp³-hybridized carbons (Fsp3) is 0.462. The van der Waals surface area contributed by atoms with Crippen LogP contribution in [0.4, 0.5) is 0 Å². The molecule has 0 atom stereocenters. The van der Waals surface area contributed by atoms with Gasteiger partial charge in [-0.2, -0.15) is 0 Å². The van der Waals surface area contributed by atoms with Crippen molar-refractivity contribution in [2.45, 2.75) is 37.8 Å². The van der Waals surface area contributed by atoms with Crippen LogP contribution in [-0.2, 0) is 4.79 Å². The zero-order chi connectivity index (χ0) is 12.1. The van der Waals surface area contributed by atoms with Gasteiger partial charge in [0, 0.05) is 12.1 Å². The molecule has 17 heavy (non-hydrogen) atoms. The van der Waals surface area contributed by atoms with E-state index in [1.54, 1.807) is 24.5 Å². The topological polar surface area (TPSA) is 62.5 Å². The van der Waals surface area contributed by atoms with Gasteiger partial charge in [-0.15, -0.1) is 0 Å². The van der Waals surface area contributed by atoms with Crippen molar-refractivity contribution in [1.82, 2.24) is 5.32 Å². The Kier molecular flexibility index (Phi) is 3.98. The Hall–Kier alpha value is -1.55. The van der Waals surface area contributed by atoms with Crippen molar-refractivity contribution in [3.05, 3.63) is 30.2 Å². The summed E-state index contributed by atoms with van der Waals surface area (Å²) in [6.45, 7) is 0. The maximum Gasteiger partial charge on any atom is 0.244 e. The minimum Gasteiger partial charge on any atom is -0.465 e. The van der Waals surface area contributed by atoms with E-state index in [0.29, 0.717) is 5.76 Å². The Bertz CT molecular complexity index is 375. The second kappa shape index (κ2) is 5.68. The molecule has 0 bridgehead atoms. The molecule has 0 aromatic carbocycles. The van der Waals surface area contributed by atoms with E-state index < -0.39 is 0 Å². The van der Waals surface area contributed by atoms with Gasteiger partial charge in [-0.3, -0.25) is 4.79 Å². The lowest BCUT2D eigenvalue weighted by Crippen LogP contribution is -2.37. The molecule has 1 heterocycles. The Morgan fingerprint density at radius 2 is 2.18 bits per heavy atom. The normalized spacial score (nSPS) is 25.0.